The highest BCUT2D eigenvalue weighted by Crippen LogP contribution is 2.28. The van der Waals surface area contributed by atoms with E-state index in [9.17, 15) is 9.59 Å². The molecule has 0 aliphatic rings. The fourth-order valence-corrected chi connectivity index (χ4v) is 2.54. The maximum atomic E-state index is 12.0. The molecule has 0 aliphatic carbocycles. The summed E-state index contributed by atoms with van der Waals surface area (Å²) in [7, 11) is 3.17. The Bertz CT molecular complexity index is 674. The van der Waals surface area contributed by atoms with Crippen LogP contribution in [-0.2, 0) is 16.1 Å². The van der Waals surface area contributed by atoms with Crippen molar-refractivity contribution in [1.82, 2.24) is 10.2 Å². The lowest BCUT2D eigenvalue weighted by Gasteiger charge is -2.18. The minimum Gasteiger partial charge on any atom is -0.493 e. The molecule has 0 heterocycles. The van der Waals surface area contributed by atoms with Gasteiger partial charge in [0, 0.05) is 20.0 Å². The lowest BCUT2D eigenvalue weighted by molar-refractivity contribution is -0.131. The van der Waals surface area contributed by atoms with Crippen LogP contribution in [0.5, 0.6) is 11.5 Å². The molecule has 3 N–H and O–H groups in total. The summed E-state index contributed by atoms with van der Waals surface area (Å²) in [6.07, 6.45) is 7.79. The van der Waals surface area contributed by atoms with Gasteiger partial charge in [-0.2, -0.15) is 0 Å². The first kappa shape index (κ1) is 24.5. The van der Waals surface area contributed by atoms with Gasteiger partial charge in [0.05, 0.1) is 13.7 Å². The van der Waals surface area contributed by atoms with Gasteiger partial charge in [-0.3, -0.25) is 9.59 Å². The number of carbonyl (C=O) groups is 2. The van der Waals surface area contributed by atoms with Crippen molar-refractivity contribution in [2.24, 2.45) is 11.7 Å². The van der Waals surface area contributed by atoms with Crippen LogP contribution >= 0.6 is 0 Å². The van der Waals surface area contributed by atoms with Gasteiger partial charge in [0.25, 0.3) is 0 Å². The van der Waals surface area contributed by atoms with Crippen LogP contribution in [0.4, 0.5) is 0 Å². The molecule has 1 aromatic carbocycles. The van der Waals surface area contributed by atoms with E-state index >= 15 is 0 Å². The number of allylic oxidation sites excluding steroid dienone is 2. The number of ether oxygens (including phenoxy) is 2. The molecule has 0 atom stereocenters. The Labute approximate surface area is 174 Å². The van der Waals surface area contributed by atoms with Gasteiger partial charge in [-0.05, 0) is 42.9 Å². The molecule has 162 valence electrons. The third-order valence-electron chi connectivity index (χ3n) is 4.28. The molecule has 0 radical (unpaired) electrons. The van der Waals surface area contributed by atoms with Crippen molar-refractivity contribution < 1.29 is 19.1 Å². The van der Waals surface area contributed by atoms with Crippen LogP contribution in [0.1, 0.15) is 45.1 Å². The van der Waals surface area contributed by atoms with E-state index < -0.39 is 0 Å². The first-order valence-corrected chi connectivity index (χ1v) is 10.0. The number of methoxy groups -OCH3 is 1. The highest BCUT2D eigenvalue weighted by atomic mass is 16.5. The molecule has 7 nitrogen and oxygen atoms in total. The summed E-state index contributed by atoms with van der Waals surface area (Å²) in [6, 6.07) is 5.44. The monoisotopic (exact) mass is 405 g/mol. The summed E-state index contributed by atoms with van der Waals surface area (Å²) in [5, 5.41) is 2.93. The molecule has 0 aromatic heterocycles. The van der Waals surface area contributed by atoms with Crippen LogP contribution in [0, 0.1) is 5.92 Å². The average Bonchev–Trinajstić information content (AvgIpc) is 2.72. The van der Waals surface area contributed by atoms with Gasteiger partial charge in [-0.1, -0.05) is 32.1 Å². The Morgan fingerprint density at radius 3 is 2.66 bits per heavy atom. The number of likely N-dealkylation sites (N-methyl/N-ethyl adjacent to an activating group) is 1. The van der Waals surface area contributed by atoms with E-state index in [-0.39, 0.29) is 25.1 Å². The molecule has 0 bridgehead atoms. The topological polar surface area (TPSA) is 93.9 Å². The van der Waals surface area contributed by atoms with Crippen LogP contribution < -0.4 is 20.5 Å². The predicted octanol–water partition coefficient (Wildman–Crippen LogP) is 2.84. The van der Waals surface area contributed by atoms with Crippen LogP contribution in [0.25, 0.3) is 0 Å². The molecule has 0 aliphatic heterocycles. The number of hydrogen-bond acceptors (Lipinski definition) is 5. The number of unbranched alkanes of at least 4 members (excludes halogenated alkanes) is 2. The molecule has 2 amide bonds. The van der Waals surface area contributed by atoms with Crippen molar-refractivity contribution in [2.45, 2.75) is 46.1 Å². The minimum atomic E-state index is -0.209. The van der Waals surface area contributed by atoms with Crippen LogP contribution in [0.3, 0.4) is 0 Å². The summed E-state index contributed by atoms with van der Waals surface area (Å²) >= 11 is 0. The summed E-state index contributed by atoms with van der Waals surface area (Å²) in [6.45, 7) is 4.74. The van der Waals surface area contributed by atoms with Crippen molar-refractivity contribution in [2.75, 3.05) is 27.4 Å². The Morgan fingerprint density at radius 1 is 1.24 bits per heavy atom. The second-order valence-corrected chi connectivity index (χ2v) is 7.25. The number of nitrogens with zero attached hydrogens (tertiary/aromatic N) is 1. The SMILES string of the molecule is COc1cc(CNC(=O)CCCC/C=C/C(C)C)ccc1OCN(C)C(=O)CN. The van der Waals surface area contributed by atoms with Gasteiger partial charge in [0.15, 0.2) is 18.2 Å². The molecule has 0 fully saturated rings. The molecular weight excluding hydrogens is 370 g/mol. The van der Waals surface area contributed by atoms with E-state index in [1.54, 1.807) is 20.2 Å². The second kappa shape index (κ2) is 13.6. The van der Waals surface area contributed by atoms with Gasteiger partial charge in [-0.15, -0.1) is 0 Å². The lowest BCUT2D eigenvalue weighted by Crippen LogP contribution is -2.35. The molecule has 0 saturated heterocycles. The molecule has 0 unspecified atom stereocenters. The summed E-state index contributed by atoms with van der Waals surface area (Å²) in [5.74, 6) is 1.47. The van der Waals surface area contributed by atoms with Gasteiger partial charge in [0.2, 0.25) is 11.8 Å². The summed E-state index contributed by atoms with van der Waals surface area (Å²) < 4.78 is 11.0. The first-order valence-electron chi connectivity index (χ1n) is 10.0. The number of amides is 2. The molecular formula is C22H35N3O4. The lowest BCUT2D eigenvalue weighted by atomic mass is 10.1. The van der Waals surface area contributed by atoms with Crippen molar-refractivity contribution in [3.8, 4) is 11.5 Å². The van der Waals surface area contributed by atoms with Gasteiger partial charge in [-0.25, -0.2) is 0 Å². The standard InChI is InChI=1S/C22H35N3O4/c1-17(2)9-7-5-6-8-10-21(26)24-15-18-11-12-19(20(13-18)28-4)29-16-25(3)22(27)14-23/h7,9,11-13,17H,5-6,8,10,14-16,23H2,1-4H3,(H,24,26)/b9-7+. The summed E-state index contributed by atoms with van der Waals surface area (Å²) in [4.78, 5) is 24.9. The fourth-order valence-electron chi connectivity index (χ4n) is 2.54. The Hall–Kier alpha value is -2.54. The van der Waals surface area contributed by atoms with Gasteiger partial charge in [0.1, 0.15) is 0 Å². The zero-order valence-electron chi connectivity index (χ0n) is 18.1. The Kier molecular flexibility index (Phi) is 11.5. The van der Waals surface area contributed by atoms with E-state index in [0.717, 1.165) is 24.8 Å². The Morgan fingerprint density at radius 2 is 2.00 bits per heavy atom. The molecule has 29 heavy (non-hydrogen) atoms. The second-order valence-electron chi connectivity index (χ2n) is 7.25. The molecule has 0 spiro atoms. The molecule has 0 saturated carbocycles. The molecule has 1 aromatic rings. The van der Waals surface area contributed by atoms with Gasteiger partial charge >= 0.3 is 0 Å². The van der Waals surface area contributed by atoms with Crippen molar-refractivity contribution in [3.63, 3.8) is 0 Å². The van der Waals surface area contributed by atoms with E-state index in [2.05, 4.69) is 31.3 Å². The van der Waals surface area contributed by atoms with E-state index in [1.165, 1.54) is 4.90 Å². The van der Waals surface area contributed by atoms with Crippen LogP contribution in [-0.4, -0.2) is 44.1 Å². The van der Waals surface area contributed by atoms with E-state index in [1.807, 2.05) is 12.1 Å². The largest absolute Gasteiger partial charge is 0.493 e. The van der Waals surface area contributed by atoms with E-state index in [4.69, 9.17) is 15.2 Å². The molecule has 1 rings (SSSR count). The number of rotatable bonds is 13. The summed E-state index contributed by atoms with van der Waals surface area (Å²) in [5.41, 5.74) is 6.24. The quantitative estimate of drug-likeness (QED) is 0.299. The maximum Gasteiger partial charge on any atom is 0.238 e. The third kappa shape index (κ3) is 9.99. The highest BCUT2D eigenvalue weighted by Gasteiger charge is 2.10. The smallest absolute Gasteiger partial charge is 0.238 e. The minimum absolute atomic E-state index is 0.0408. The number of nitrogens with one attached hydrogen (secondary N) is 1. The average molecular weight is 406 g/mol. The third-order valence-corrected chi connectivity index (χ3v) is 4.28. The van der Waals surface area contributed by atoms with Crippen LogP contribution in [0.15, 0.2) is 30.4 Å². The van der Waals surface area contributed by atoms with Crippen molar-refractivity contribution in [1.29, 1.82) is 0 Å². The highest BCUT2D eigenvalue weighted by molar-refractivity contribution is 5.77. The number of benzene rings is 1. The number of carbonyl (C=O) groups excluding carboxylic acids is 2. The zero-order chi connectivity index (χ0) is 21.6. The maximum absolute atomic E-state index is 12.0. The van der Waals surface area contributed by atoms with Crippen molar-refractivity contribution in [3.05, 3.63) is 35.9 Å². The fraction of sp³-hybridized carbons (Fsp3) is 0.545. The number of nitrogens with two attached hydrogens (primary N) is 1. The zero-order valence-corrected chi connectivity index (χ0v) is 18.1. The first-order chi connectivity index (χ1) is 13.9. The Balaban J connectivity index is 2.42. The van der Waals surface area contributed by atoms with Crippen molar-refractivity contribution >= 4 is 11.8 Å². The normalized spacial score (nSPS) is 11.0. The van der Waals surface area contributed by atoms with Gasteiger partial charge < -0.3 is 25.4 Å². The van der Waals surface area contributed by atoms with E-state index in [0.29, 0.717) is 30.4 Å². The van der Waals surface area contributed by atoms with Crippen LogP contribution in [0.2, 0.25) is 0 Å². The number of hydrogen-bond donors (Lipinski definition) is 2. The molecule has 7 heteroatoms. The predicted molar refractivity (Wildman–Crippen MR) is 115 cm³/mol.